The Labute approximate surface area is 88.1 Å². The Morgan fingerprint density at radius 1 is 1.36 bits per heavy atom. The van der Waals surface area contributed by atoms with E-state index in [2.05, 4.69) is 11.8 Å². The fourth-order valence-electron chi connectivity index (χ4n) is 1.00. The molecule has 0 fully saturated rings. The highest BCUT2D eigenvalue weighted by atomic mass is 35.5. The first-order chi connectivity index (χ1) is 6.77. The van der Waals surface area contributed by atoms with Crippen LogP contribution in [-0.2, 0) is 6.61 Å². The average Bonchev–Trinajstić information content (AvgIpc) is 2.21. The van der Waals surface area contributed by atoms with E-state index in [-0.39, 0.29) is 12.4 Å². The van der Waals surface area contributed by atoms with Crippen molar-refractivity contribution in [3.63, 3.8) is 0 Å². The highest BCUT2D eigenvalue weighted by molar-refractivity contribution is 6.18. The van der Waals surface area contributed by atoms with Crippen molar-refractivity contribution in [2.24, 2.45) is 0 Å². The first-order valence-corrected chi connectivity index (χ1v) is 4.79. The Morgan fingerprint density at radius 2 is 2.14 bits per heavy atom. The lowest BCUT2D eigenvalue weighted by atomic mass is 10.1. The van der Waals surface area contributed by atoms with E-state index in [9.17, 15) is 5.11 Å². The van der Waals surface area contributed by atoms with Gasteiger partial charge >= 0.3 is 0 Å². The van der Waals surface area contributed by atoms with Gasteiger partial charge in [0.05, 0.1) is 6.61 Å². The summed E-state index contributed by atoms with van der Waals surface area (Å²) in [5.41, 5.74) is 1.26. The van der Waals surface area contributed by atoms with Gasteiger partial charge in [-0.15, -0.1) is 11.6 Å². The minimum atomic E-state index is -0.184. The van der Waals surface area contributed by atoms with Crippen molar-refractivity contribution in [1.82, 2.24) is 0 Å². The molecule has 0 heterocycles. The number of hydrogen-bond donors (Lipinski definition) is 2. The van der Waals surface area contributed by atoms with Crippen LogP contribution in [0.4, 0.5) is 0 Å². The van der Waals surface area contributed by atoms with E-state index in [0.717, 1.165) is 5.56 Å². The summed E-state index contributed by atoms with van der Waals surface area (Å²) in [6.07, 6.45) is 0.636. The van der Waals surface area contributed by atoms with Crippen LogP contribution in [0.3, 0.4) is 0 Å². The molecule has 14 heavy (non-hydrogen) atoms. The normalized spacial score (nSPS) is 9.29. The number of aliphatic hydroxyl groups is 1. The molecule has 0 radical (unpaired) electrons. The van der Waals surface area contributed by atoms with Crippen LogP contribution in [0.2, 0.25) is 0 Å². The highest BCUT2D eigenvalue weighted by Crippen LogP contribution is 2.17. The van der Waals surface area contributed by atoms with Gasteiger partial charge in [0.2, 0.25) is 0 Å². The molecule has 0 aliphatic rings. The average molecular weight is 211 g/mol. The molecule has 0 saturated carbocycles. The highest BCUT2D eigenvalue weighted by Gasteiger charge is 1.99. The van der Waals surface area contributed by atoms with Crippen molar-refractivity contribution in [2.45, 2.75) is 13.0 Å². The largest absolute Gasteiger partial charge is 0.508 e. The number of aliphatic hydroxyl groups excluding tert-OH is 1. The van der Waals surface area contributed by atoms with Gasteiger partial charge in [-0.05, 0) is 18.2 Å². The second kappa shape index (κ2) is 5.54. The maximum atomic E-state index is 9.28. The fourth-order valence-corrected chi connectivity index (χ4v) is 1.10. The monoisotopic (exact) mass is 210 g/mol. The molecule has 1 aromatic rings. The quantitative estimate of drug-likeness (QED) is 0.578. The summed E-state index contributed by atoms with van der Waals surface area (Å²) in [5, 5.41) is 18.2. The Kier molecular flexibility index (Phi) is 4.31. The maximum Gasteiger partial charge on any atom is 0.121 e. The number of hydrogen-bond acceptors (Lipinski definition) is 2. The predicted octanol–water partition coefficient (Wildman–Crippen LogP) is 1.86. The van der Waals surface area contributed by atoms with Crippen molar-refractivity contribution in [3.8, 4) is 17.6 Å². The summed E-state index contributed by atoms with van der Waals surface area (Å²) in [5.74, 6) is 6.37. The van der Waals surface area contributed by atoms with Crippen LogP contribution in [0.15, 0.2) is 18.2 Å². The number of phenols is 1. The standard InChI is InChI=1S/C11H11ClO2/c12-6-2-1-3-9-4-5-11(14)10(7-9)8-13/h4-5,7,13-14H,2,6,8H2. The third-order valence-electron chi connectivity index (χ3n) is 1.70. The van der Waals surface area contributed by atoms with Crippen LogP contribution in [0.25, 0.3) is 0 Å². The molecule has 0 unspecified atom stereocenters. The number of alkyl halides is 1. The van der Waals surface area contributed by atoms with Gasteiger partial charge in [0.25, 0.3) is 0 Å². The van der Waals surface area contributed by atoms with Crippen LogP contribution < -0.4 is 0 Å². The molecule has 0 aromatic heterocycles. The number of rotatable bonds is 2. The number of benzene rings is 1. The van der Waals surface area contributed by atoms with Gasteiger partial charge in [-0.1, -0.05) is 11.8 Å². The molecular formula is C11H11ClO2. The van der Waals surface area contributed by atoms with Gasteiger partial charge in [0.1, 0.15) is 5.75 Å². The molecule has 0 saturated heterocycles. The summed E-state index contributed by atoms with van der Waals surface area (Å²) in [6, 6.07) is 4.89. The van der Waals surface area contributed by atoms with Crippen LogP contribution in [0, 0.1) is 11.8 Å². The Balaban J connectivity index is 2.86. The van der Waals surface area contributed by atoms with Gasteiger partial charge in [-0.25, -0.2) is 0 Å². The zero-order valence-corrected chi connectivity index (χ0v) is 8.38. The lowest BCUT2D eigenvalue weighted by molar-refractivity contribution is 0.275. The molecule has 1 aromatic carbocycles. The van der Waals surface area contributed by atoms with Crippen molar-refractivity contribution < 1.29 is 10.2 Å². The molecule has 1 rings (SSSR count). The Bertz CT molecular complexity index is 363. The van der Waals surface area contributed by atoms with E-state index in [4.69, 9.17) is 16.7 Å². The third kappa shape index (κ3) is 2.95. The summed E-state index contributed by atoms with van der Waals surface area (Å²) >= 11 is 5.47. The first-order valence-electron chi connectivity index (χ1n) is 4.25. The molecule has 0 spiro atoms. The lowest BCUT2D eigenvalue weighted by Gasteiger charge is -2.00. The van der Waals surface area contributed by atoms with Gasteiger partial charge in [0.15, 0.2) is 0 Å². The van der Waals surface area contributed by atoms with Gasteiger partial charge < -0.3 is 10.2 Å². The predicted molar refractivity (Wildman–Crippen MR) is 56.2 cm³/mol. The first kappa shape index (κ1) is 10.9. The second-order valence-corrected chi connectivity index (χ2v) is 3.12. The van der Waals surface area contributed by atoms with E-state index in [1.807, 2.05) is 0 Å². The molecular weight excluding hydrogens is 200 g/mol. The summed E-state index contributed by atoms with van der Waals surface area (Å²) < 4.78 is 0. The van der Waals surface area contributed by atoms with Crippen LogP contribution in [0.5, 0.6) is 5.75 Å². The minimum absolute atomic E-state index is 0.0930. The molecule has 2 nitrogen and oxygen atoms in total. The second-order valence-electron chi connectivity index (χ2n) is 2.74. The van der Waals surface area contributed by atoms with Gasteiger partial charge in [0, 0.05) is 23.4 Å². The zero-order valence-electron chi connectivity index (χ0n) is 7.63. The van der Waals surface area contributed by atoms with E-state index in [1.54, 1.807) is 12.1 Å². The minimum Gasteiger partial charge on any atom is -0.508 e. The molecule has 2 N–H and O–H groups in total. The number of aromatic hydroxyl groups is 1. The van der Waals surface area contributed by atoms with E-state index in [0.29, 0.717) is 17.9 Å². The van der Waals surface area contributed by atoms with Crippen molar-refractivity contribution in [3.05, 3.63) is 29.3 Å². The third-order valence-corrected chi connectivity index (χ3v) is 1.89. The maximum absolute atomic E-state index is 9.28. The molecule has 3 heteroatoms. The summed E-state index contributed by atoms with van der Waals surface area (Å²) in [6.45, 7) is -0.184. The summed E-state index contributed by atoms with van der Waals surface area (Å²) in [7, 11) is 0. The lowest BCUT2D eigenvalue weighted by Crippen LogP contribution is -1.85. The molecule has 74 valence electrons. The molecule has 0 aliphatic carbocycles. The topological polar surface area (TPSA) is 40.5 Å². The van der Waals surface area contributed by atoms with E-state index < -0.39 is 0 Å². The van der Waals surface area contributed by atoms with Crippen molar-refractivity contribution >= 4 is 11.6 Å². The van der Waals surface area contributed by atoms with Crippen LogP contribution >= 0.6 is 11.6 Å². The fraction of sp³-hybridized carbons (Fsp3) is 0.273. The molecule has 0 amide bonds. The van der Waals surface area contributed by atoms with Gasteiger partial charge in [-0.2, -0.15) is 0 Å². The van der Waals surface area contributed by atoms with Gasteiger partial charge in [-0.3, -0.25) is 0 Å². The van der Waals surface area contributed by atoms with Crippen molar-refractivity contribution in [2.75, 3.05) is 5.88 Å². The smallest absolute Gasteiger partial charge is 0.121 e. The van der Waals surface area contributed by atoms with E-state index in [1.165, 1.54) is 6.07 Å². The molecule has 0 bridgehead atoms. The Morgan fingerprint density at radius 3 is 2.79 bits per heavy atom. The number of halogens is 1. The van der Waals surface area contributed by atoms with Crippen molar-refractivity contribution in [1.29, 1.82) is 0 Å². The SMILES string of the molecule is OCc1cc(C#CCCCl)ccc1O. The van der Waals surface area contributed by atoms with E-state index >= 15 is 0 Å². The summed E-state index contributed by atoms with van der Waals surface area (Å²) in [4.78, 5) is 0. The van der Waals surface area contributed by atoms with Crippen LogP contribution in [0.1, 0.15) is 17.5 Å². The molecule has 0 atom stereocenters. The van der Waals surface area contributed by atoms with Crippen LogP contribution in [-0.4, -0.2) is 16.1 Å². The molecule has 0 aliphatic heterocycles. The Hall–Kier alpha value is -1.17. The zero-order chi connectivity index (χ0) is 10.4.